The van der Waals surface area contributed by atoms with Crippen molar-refractivity contribution in [1.29, 1.82) is 0 Å². The van der Waals surface area contributed by atoms with Gasteiger partial charge in [-0.25, -0.2) is 0 Å². The summed E-state index contributed by atoms with van der Waals surface area (Å²) in [6, 6.07) is 8.07. The second-order valence-electron chi connectivity index (χ2n) is 6.47. The Labute approximate surface area is 123 Å². The van der Waals surface area contributed by atoms with Crippen LogP contribution in [0.15, 0.2) is 24.3 Å². The van der Waals surface area contributed by atoms with Gasteiger partial charge >= 0.3 is 0 Å². The average molecular weight is 275 g/mol. The molecule has 1 aromatic rings. The lowest BCUT2D eigenvalue weighted by atomic mass is 9.81. The molecule has 0 heterocycles. The molecule has 20 heavy (non-hydrogen) atoms. The summed E-state index contributed by atoms with van der Waals surface area (Å²) in [5.74, 6) is 2.21. The molecule has 1 unspecified atom stereocenters. The lowest BCUT2D eigenvalue weighted by molar-refractivity contribution is 0.257. The molecule has 2 rings (SSSR count). The van der Waals surface area contributed by atoms with Crippen molar-refractivity contribution in [3.63, 3.8) is 0 Å². The van der Waals surface area contributed by atoms with E-state index < -0.39 is 0 Å². The van der Waals surface area contributed by atoms with E-state index >= 15 is 0 Å². The minimum atomic E-state index is 0.349. The number of phenols is 1. The van der Waals surface area contributed by atoms with Crippen molar-refractivity contribution in [3.05, 3.63) is 29.8 Å². The summed E-state index contributed by atoms with van der Waals surface area (Å²) in [6.45, 7) is 5.74. The summed E-state index contributed by atoms with van der Waals surface area (Å²) >= 11 is 0. The number of hydrogen-bond donors (Lipinski definition) is 2. The Morgan fingerprint density at radius 3 is 2.30 bits per heavy atom. The van der Waals surface area contributed by atoms with Crippen LogP contribution in [0.5, 0.6) is 5.75 Å². The molecule has 2 heteroatoms. The van der Waals surface area contributed by atoms with Crippen LogP contribution in [0.1, 0.15) is 51.5 Å². The van der Waals surface area contributed by atoms with Gasteiger partial charge in [0, 0.05) is 6.04 Å². The van der Waals surface area contributed by atoms with Crippen molar-refractivity contribution >= 4 is 0 Å². The number of aromatic hydroxyl groups is 1. The molecule has 0 aromatic heterocycles. The third-order valence-electron chi connectivity index (χ3n) is 4.78. The molecule has 1 aliphatic carbocycles. The molecule has 1 aliphatic rings. The molecule has 1 saturated carbocycles. The summed E-state index contributed by atoms with van der Waals surface area (Å²) in [5, 5.41) is 13.0. The van der Waals surface area contributed by atoms with E-state index in [0.29, 0.717) is 11.8 Å². The second-order valence-corrected chi connectivity index (χ2v) is 6.47. The Kier molecular flexibility index (Phi) is 5.90. The van der Waals surface area contributed by atoms with E-state index in [1.54, 1.807) is 12.1 Å². The summed E-state index contributed by atoms with van der Waals surface area (Å²) < 4.78 is 0. The maximum Gasteiger partial charge on any atom is 0.115 e. The maximum absolute atomic E-state index is 9.29. The molecule has 112 valence electrons. The van der Waals surface area contributed by atoms with Crippen LogP contribution in [0.4, 0.5) is 0 Å². The van der Waals surface area contributed by atoms with Gasteiger partial charge < -0.3 is 10.4 Å². The van der Waals surface area contributed by atoms with Crippen LogP contribution in [0.3, 0.4) is 0 Å². The van der Waals surface area contributed by atoms with Gasteiger partial charge in [0.2, 0.25) is 0 Å². The molecule has 1 atom stereocenters. The molecule has 0 spiro atoms. The van der Waals surface area contributed by atoms with Crippen molar-refractivity contribution in [2.75, 3.05) is 6.54 Å². The molecular formula is C18H29NO. The van der Waals surface area contributed by atoms with E-state index in [9.17, 15) is 5.11 Å². The Hall–Kier alpha value is -1.02. The Bertz CT molecular complexity index is 379. The highest BCUT2D eigenvalue weighted by molar-refractivity contribution is 5.26. The molecule has 0 radical (unpaired) electrons. The highest BCUT2D eigenvalue weighted by Crippen LogP contribution is 2.30. The minimum Gasteiger partial charge on any atom is -0.508 e. The van der Waals surface area contributed by atoms with Crippen LogP contribution < -0.4 is 5.32 Å². The lowest BCUT2D eigenvalue weighted by Gasteiger charge is -2.29. The maximum atomic E-state index is 9.29. The Balaban J connectivity index is 1.67. The number of nitrogens with one attached hydrogen (secondary N) is 1. The fraction of sp³-hybridized carbons (Fsp3) is 0.667. The van der Waals surface area contributed by atoms with Crippen molar-refractivity contribution in [2.24, 2.45) is 11.8 Å². The first kappa shape index (κ1) is 15.4. The molecule has 1 fully saturated rings. The van der Waals surface area contributed by atoms with Gasteiger partial charge in [0.1, 0.15) is 5.75 Å². The molecule has 2 nitrogen and oxygen atoms in total. The first-order valence-electron chi connectivity index (χ1n) is 8.18. The zero-order chi connectivity index (χ0) is 14.4. The number of rotatable bonds is 6. The van der Waals surface area contributed by atoms with E-state index in [1.165, 1.54) is 37.7 Å². The molecule has 2 N–H and O–H groups in total. The fourth-order valence-electron chi connectivity index (χ4n) is 3.27. The quantitative estimate of drug-likeness (QED) is 0.818. The average Bonchev–Trinajstić information content (AvgIpc) is 2.48. The minimum absolute atomic E-state index is 0.349. The van der Waals surface area contributed by atoms with E-state index in [-0.39, 0.29) is 0 Å². The smallest absolute Gasteiger partial charge is 0.115 e. The topological polar surface area (TPSA) is 32.3 Å². The number of benzene rings is 1. The summed E-state index contributed by atoms with van der Waals surface area (Å²) in [4.78, 5) is 0. The van der Waals surface area contributed by atoms with Crippen LogP contribution in [0.2, 0.25) is 0 Å². The van der Waals surface area contributed by atoms with E-state index in [0.717, 1.165) is 24.8 Å². The predicted octanol–water partition coefficient (Wildman–Crippen LogP) is 4.13. The molecule has 1 aromatic carbocycles. The summed E-state index contributed by atoms with van der Waals surface area (Å²) in [6.07, 6.45) is 8.04. The third kappa shape index (κ3) is 4.82. The molecule has 0 amide bonds. The van der Waals surface area contributed by atoms with Gasteiger partial charge in [0.05, 0.1) is 0 Å². The van der Waals surface area contributed by atoms with Crippen molar-refractivity contribution in [2.45, 2.75) is 58.4 Å². The van der Waals surface area contributed by atoms with E-state index in [1.807, 2.05) is 12.1 Å². The van der Waals surface area contributed by atoms with Crippen molar-refractivity contribution < 1.29 is 5.11 Å². The van der Waals surface area contributed by atoms with Gasteiger partial charge in [0.15, 0.2) is 0 Å². The van der Waals surface area contributed by atoms with Gasteiger partial charge in [-0.15, -0.1) is 0 Å². The van der Waals surface area contributed by atoms with Gasteiger partial charge in [0.25, 0.3) is 0 Å². The highest BCUT2D eigenvalue weighted by Gasteiger charge is 2.20. The standard InChI is InChI=1S/C18H29NO/c1-3-15-4-6-17(7-5-15)13-19-14(2)12-16-8-10-18(20)11-9-16/h8-11,14-15,17,19-20H,3-7,12-13H2,1-2H3. The van der Waals surface area contributed by atoms with Crippen molar-refractivity contribution in [3.8, 4) is 5.75 Å². The molecule has 0 aliphatic heterocycles. The first-order valence-corrected chi connectivity index (χ1v) is 8.18. The number of hydrogen-bond acceptors (Lipinski definition) is 2. The van der Waals surface area contributed by atoms with Crippen molar-refractivity contribution in [1.82, 2.24) is 5.32 Å². The van der Waals surface area contributed by atoms with E-state index in [4.69, 9.17) is 0 Å². The fourth-order valence-corrected chi connectivity index (χ4v) is 3.27. The molecule has 0 saturated heterocycles. The van der Waals surface area contributed by atoms with E-state index in [2.05, 4.69) is 19.2 Å². The van der Waals surface area contributed by atoms with Gasteiger partial charge in [-0.1, -0.05) is 38.3 Å². The Morgan fingerprint density at radius 1 is 1.10 bits per heavy atom. The summed E-state index contributed by atoms with van der Waals surface area (Å²) in [7, 11) is 0. The van der Waals surface area contributed by atoms with Crippen LogP contribution in [-0.2, 0) is 6.42 Å². The third-order valence-corrected chi connectivity index (χ3v) is 4.78. The SMILES string of the molecule is CCC1CCC(CNC(C)Cc2ccc(O)cc2)CC1. The Morgan fingerprint density at radius 2 is 1.70 bits per heavy atom. The van der Waals surface area contributed by atoms with Crippen LogP contribution in [-0.4, -0.2) is 17.7 Å². The van der Waals surface area contributed by atoms with Crippen LogP contribution >= 0.6 is 0 Å². The largest absolute Gasteiger partial charge is 0.508 e. The lowest BCUT2D eigenvalue weighted by Crippen LogP contribution is -2.34. The monoisotopic (exact) mass is 275 g/mol. The molecule has 0 bridgehead atoms. The highest BCUT2D eigenvalue weighted by atomic mass is 16.3. The normalized spacial score (nSPS) is 24.5. The van der Waals surface area contributed by atoms with Gasteiger partial charge in [-0.3, -0.25) is 0 Å². The summed E-state index contributed by atoms with van der Waals surface area (Å²) in [5.41, 5.74) is 1.29. The molecular weight excluding hydrogens is 246 g/mol. The zero-order valence-electron chi connectivity index (χ0n) is 12.9. The zero-order valence-corrected chi connectivity index (χ0v) is 12.9. The van der Waals surface area contributed by atoms with Gasteiger partial charge in [-0.2, -0.15) is 0 Å². The predicted molar refractivity (Wildman–Crippen MR) is 85.0 cm³/mol. The van der Waals surface area contributed by atoms with Gasteiger partial charge in [-0.05, 0) is 62.3 Å². The number of phenolic OH excluding ortho intramolecular Hbond substituents is 1. The van der Waals surface area contributed by atoms with Crippen LogP contribution in [0, 0.1) is 11.8 Å². The first-order chi connectivity index (χ1) is 9.67. The second kappa shape index (κ2) is 7.68. The van der Waals surface area contributed by atoms with Crippen LogP contribution in [0.25, 0.3) is 0 Å².